The fourth-order valence-electron chi connectivity index (χ4n) is 5.65. The van der Waals surface area contributed by atoms with E-state index in [1.807, 2.05) is 18.2 Å². The van der Waals surface area contributed by atoms with Crippen molar-refractivity contribution in [3.8, 4) is 0 Å². The average Bonchev–Trinajstić information content (AvgIpc) is 3.21. The number of imide groups is 1. The van der Waals surface area contributed by atoms with Gasteiger partial charge in [-0.1, -0.05) is 66.5 Å². The lowest BCUT2D eigenvalue weighted by Crippen LogP contribution is -2.48. The first-order valence-corrected chi connectivity index (χ1v) is 12.8. The van der Waals surface area contributed by atoms with Crippen LogP contribution in [0.25, 0.3) is 10.9 Å². The Hall–Kier alpha value is -3.35. The molecule has 0 spiro atoms. The summed E-state index contributed by atoms with van der Waals surface area (Å²) in [7, 11) is 0. The Bertz CT molecular complexity index is 1450. The molecule has 0 saturated heterocycles. The molecule has 1 saturated carbocycles. The number of nitrogens with zero attached hydrogens (tertiary/aromatic N) is 3. The minimum Gasteiger partial charge on any atom is -0.791 e. The highest BCUT2D eigenvalue weighted by Gasteiger charge is 2.45. The maximum absolute atomic E-state index is 13.6. The summed E-state index contributed by atoms with van der Waals surface area (Å²) in [5, 5.41) is 13.9. The van der Waals surface area contributed by atoms with E-state index >= 15 is 0 Å². The van der Waals surface area contributed by atoms with Crippen molar-refractivity contribution < 1.29 is 9.59 Å². The van der Waals surface area contributed by atoms with E-state index in [1.165, 1.54) is 9.58 Å². The fraction of sp³-hybridized carbons (Fsp3) is 0.483. The quantitative estimate of drug-likeness (QED) is 0.444. The van der Waals surface area contributed by atoms with Crippen molar-refractivity contribution >= 4 is 22.7 Å². The van der Waals surface area contributed by atoms with E-state index in [0.29, 0.717) is 39.7 Å². The molecule has 7 nitrogen and oxygen atoms in total. The summed E-state index contributed by atoms with van der Waals surface area (Å²) >= 11 is 0. The molecular weight excluding hydrogens is 454 g/mol. The van der Waals surface area contributed by atoms with Gasteiger partial charge in [-0.3, -0.25) is 19.3 Å². The Morgan fingerprint density at radius 1 is 0.750 bits per heavy atom. The van der Waals surface area contributed by atoms with E-state index in [4.69, 9.17) is 0 Å². The Morgan fingerprint density at radius 3 is 1.94 bits per heavy atom. The zero-order chi connectivity index (χ0) is 26.2. The monoisotopic (exact) mass is 488 g/mol. The molecule has 1 aromatic heterocycles. The molecule has 7 heteroatoms. The topological polar surface area (TPSA) is 87.4 Å². The van der Waals surface area contributed by atoms with Gasteiger partial charge in [-0.15, -0.1) is 0 Å². The van der Waals surface area contributed by atoms with Crippen LogP contribution < -0.4 is 5.56 Å². The van der Waals surface area contributed by atoms with Gasteiger partial charge in [0.2, 0.25) is 0 Å². The number of benzene rings is 2. The summed E-state index contributed by atoms with van der Waals surface area (Å²) in [6.45, 7) is 12.4. The van der Waals surface area contributed by atoms with Crippen molar-refractivity contribution in [1.29, 1.82) is 0 Å². The Balaban J connectivity index is 1.59. The van der Waals surface area contributed by atoms with Crippen molar-refractivity contribution in [3.63, 3.8) is 0 Å². The van der Waals surface area contributed by atoms with Gasteiger partial charge in [-0.25, -0.2) is 4.68 Å². The van der Waals surface area contributed by atoms with Gasteiger partial charge in [0.15, 0.2) is 0 Å². The summed E-state index contributed by atoms with van der Waals surface area (Å²) in [5.41, 5.74) is 2.36. The van der Waals surface area contributed by atoms with Gasteiger partial charge < -0.3 is 10.1 Å². The second-order valence-corrected chi connectivity index (χ2v) is 12.3. The first-order valence-electron chi connectivity index (χ1n) is 12.8. The SMILES string of the molecule is CC(C)(C)c1ccc2c(c1)C(=O)N(C1CCCCC1n1c(=O)c3ccc(C(C)(C)C)cc3n1[O-])C2=O. The number of rotatable bonds is 2. The third kappa shape index (κ3) is 3.67. The molecule has 0 N–H and O–H groups in total. The van der Waals surface area contributed by atoms with E-state index < -0.39 is 12.1 Å². The van der Waals surface area contributed by atoms with E-state index in [9.17, 15) is 19.6 Å². The molecule has 36 heavy (non-hydrogen) atoms. The van der Waals surface area contributed by atoms with Crippen molar-refractivity contribution in [1.82, 2.24) is 14.4 Å². The molecule has 2 heterocycles. The normalized spacial score (nSPS) is 20.9. The van der Waals surface area contributed by atoms with Gasteiger partial charge >= 0.3 is 0 Å². The lowest BCUT2D eigenvalue weighted by molar-refractivity contribution is 0.0463. The number of carbonyl (C=O) groups excluding carboxylic acids is 2. The average molecular weight is 489 g/mol. The van der Waals surface area contributed by atoms with Crippen LogP contribution in [0.4, 0.5) is 0 Å². The van der Waals surface area contributed by atoms with Gasteiger partial charge in [0.25, 0.3) is 17.4 Å². The van der Waals surface area contributed by atoms with Gasteiger partial charge in [0.05, 0.1) is 34.1 Å². The number of hydrogen-bond donors (Lipinski definition) is 0. The van der Waals surface area contributed by atoms with Gasteiger partial charge in [0.1, 0.15) is 0 Å². The molecule has 1 aliphatic heterocycles. The summed E-state index contributed by atoms with van der Waals surface area (Å²) in [6, 6.07) is 9.73. The zero-order valence-electron chi connectivity index (χ0n) is 21.9. The highest BCUT2D eigenvalue weighted by Crippen LogP contribution is 2.38. The lowest BCUT2D eigenvalue weighted by Gasteiger charge is -2.38. The highest BCUT2D eigenvalue weighted by atomic mass is 16.5. The lowest BCUT2D eigenvalue weighted by atomic mass is 9.85. The third-order valence-electron chi connectivity index (χ3n) is 7.83. The van der Waals surface area contributed by atoms with Crippen LogP contribution in [0.1, 0.15) is 105 Å². The molecule has 1 fully saturated rings. The second kappa shape index (κ2) is 8.08. The third-order valence-corrected chi connectivity index (χ3v) is 7.83. The predicted octanol–water partition coefficient (Wildman–Crippen LogP) is 5.52. The van der Waals surface area contributed by atoms with E-state index in [2.05, 4.69) is 41.5 Å². The summed E-state index contributed by atoms with van der Waals surface area (Å²) in [4.78, 5) is 42.5. The van der Waals surface area contributed by atoms with Crippen LogP contribution in [-0.2, 0) is 10.8 Å². The minimum atomic E-state index is -0.571. The molecule has 190 valence electrons. The molecule has 2 amide bonds. The number of aromatic nitrogens is 2. The summed E-state index contributed by atoms with van der Waals surface area (Å²) < 4.78 is 1.24. The van der Waals surface area contributed by atoms with Crippen molar-refractivity contribution in [2.75, 3.05) is 0 Å². The maximum atomic E-state index is 13.6. The minimum absolute atomic E-state index is 0.165. The molecule has 0 bridgehead atoms. The van der Waals surface area contributed by atoms with Gasteiger partial charge in [-0.2, -0.15) is 0 Å². The molecule has 2 unspecified atom stereocenters. The number of amides is 2. The largest absolute Gasteiger partial charge is 0.791 e. The second-order valence-electron chi connectivity index (χ2n) is 12.3. The maximum Gasteiger partial charge on any atom is 0.274 e. The molecule has 0 radical (unpaired) electrons. The molecule has 5 rings (SSSR count). The predicted molar refractivity (Wildman–Crippen MR) is 141 cm³/mol. The first-order chi connectivity index (χ1) is 16.8. The summed E-state index contributed by atoms with van der Waals surface area (Å²) in [5.74, 6) is -0.682. The van der Waals surface area contributed by atoms with Crippen LogP contribution in [0, 0.1) is 5.21 Å². The smallest absolute Gasteiger partial charge is 0.274 e. The summed E-state index contributed by atoms with van der Waals surface area (Å²) in [6.07, 6.45) is 2.75. The first kappa shape index (κ1) is 24.3. The molecule has 2 aromatic carbocycles. The van der Waals surface area contributed by atoms with E-state index in [1.54, 1.807) is 18.2 Å². The van der Waals surface area contributed by atoms with Gasteiger partial charge in [-0.05, 0) is 59.1 Å². The van der Waals surface area contributed by atoms with Crippen LogP contribution in [0.3, 0.4) is 0 Å². The van der Waals surface area contributed by atoms with E-state index in [-0.39, 0.29) is 28.2 Å². The molecule has 3 aromatic rings. The number of carbonyl (C=O) groups is 2. The fourth-order valence-corrected chi connectivity index (χ4v) is 5.65. The van der Waals surface area contributed by atoms with Crippen molar-refractivity contribution in [2.24, 2.45) is 0 Å². The highest BCUT2D eigenvalue weighted by molar-refractivity contribution is 6.21. The number of hydrogen-bond acceptors (Lipinski definition) is 4. The Labute approximate surface area is 211 Å². The van der Waals surface area contributed by atoms with Crippen molar-refractivity contribution in [3.05, 3.63) is 74.2 Å². The molecule has 1 aliphatic carbocycles. The van der Waals surface area contributed by atoms with Crippen LogP contribution in [0.5, 0.6) is 0 Å². The molecular formula is C29H34N3O4-. The number of fused-ring (bicyclic) bond motifs is 2. The molecule has 2 atom stereocenters. The van der Waals surface area contributed by atoms with Crippen molar-refractivity contribution in [2.45, 2.75) is 90.1 Å². The Morgan fingerprint density at radius 2 is 1.31 bits per heavy atom. The van der Waals surface area contributed by atoms with Crippen LogP contribution in [-0.4, -0.2) is 32.3 Å². The van der Waals surface area contributed by atoms with Crippen LogP contribution in [0.15, 0.2) is 41.2 Å². The standard InChI is InChI=1S/C29H34N3O4/c1-28(2,3)17-11-13-19-21(15-17)26(34)30(25(19)33)22-9-7-8-10-23(22)31-27(35)20-14-12-18(29(4,5)6)16-24(20)32(31)36/h11-16,22-23H,7-10H2,1-6H3/q-1. The van der Waals surface area contributed by atoms with Gasteiger partial charge in [0, 0.05) is 0 Å². The molecule has 2 aliphatic rings. The zero-order valence-corrected chi connectivity index (χ0v) is 21.9. The van der Waals surface area contributed by atoms with E-state index in [0.717, 1.165) is 24.0 Å². The van der Waals surface area contributed by atoms with Crippen LogP contribution in [0.2, 0.25) is 0 Å². The Kier molecular flexibility index (Phi) is 5.47. The van der Waals surface area contributed by atoms with Crippen LogP contribution >= 0.6 is 0 Å².